The highest BCUT2D eigenvalue weighted by atomic mass is 32.2. The Bertz CT molecular complexity index is 138. The molecule has 4 heteroatoms. The molecule has 0 aliphatic carbocycles. The Morgan fingerprint density at radius 2 is 2.23 bits per heavy atom. The first-order valence-electron chi connectivity index (χ1n) is 4.81. The topological polar surface area (TPSA) is 26.0 Å². The Labute approximate surface area is 82.4 Å². The first kappa shape index (κ1) is 11.2. The number of halogens is 2. The Morgan fingerprint density at radius 3 is 2.69 bits per heavy atom. The molecular weight excluding hydrogens is 192 g/mol. The van der Waals surface area contributed by atoms with E-state index in [0.29, 0.717) is 13.0 Å². The summed E-state index contributed by atoms with van der Waals surface area (Å²) in [4.78, 5) is 0. The fourth-order valence-electron chi connectivity index (χ4n) is 1.86. The lowest BCUT2D eigenvalue weighted by Crippen LogP contribution is -2.28. The van der Waals surface area contributed by atoms with Gasteiger partial charge in [-0.3, -0.25) is 0 Å². The molecule has 1 saturated heterocycles. The SMILES string of the molecule is NCCC(C(F)F)C1CCCSC1. The van der Waals surface area contributed by atoms with Crippen molar-refractivity contribution in [1.82, 2.24) is 0 Å². The molecule has 1 aliphatic heterocycles. The lowest BCUT2D eigenvalue weighted by atomic mass is 9.87. The van der Waals surface area contributed by atoms with Crippen molar-refractivity contribution in [3.63, 3.8) is 0 Å². The van der Waals surface area contributed by atoms with Crippen LogP contribution in [-0.2, 0) is 0 Å². The molecule has 2 unspecified atom stereocenters. The number of alkyl halides is 2. The van der Waals surface area contributed by atoms with Crippen molar-refractivity contribution in [2.45, 2.75) is 25.7 Å². The quantitative estimate of drug-likeness (QED) is 0.769. The number of nitrogens with two attached hydrogens (primary N) is 1. The number of rotatable bonds is 4. The normalized spacial score (nSPS) is 26.3. The maximum Gasteiger partial charge on any atom is 0.241 e. The second-order valence-electron chi connectivity index (χ2n) is 3.55. The molecule has 0 bridgehead atoms. The lowest BCUT2D eigenvalue weighted by molar-refractivity contribution is 0.0421. The van der Waals surface area contributed by atoms with Crippen molar-refractivity contribution < 1.29 is 8.78 Å². The van der Waals surface area contributed by atoms with Crippen LogP contribution in [0.25, 0.3) is 0 Å². The number of hydrogen-bond acceptors (Lipinski definition) is 2. The summed E-state index contributed by atoms with van der Waals surface area (Å²) in [5, 5.41) is 0. The minimum Gasteiger partial charge on any atom is -0.330 e. The molecule has 78 valence electrons. The van der Waals surface area contributed by atoms with Gasteiger partial charge in [-0.15, -0.1) is 0 Å². The first-order valence-corrected chi connectivity index (χ1v) is 5.97. The summed E-state index contributed by atoms with van der Waals surface area (Å²) in [6, 6.07) is 0. The summed E-state index contributed by atoms with van der Waals surface area (Å²) in [6.45, 7) is 0.385. The summed E-state index contributed by atoms with van der Waals surface area (Å²) in [5.74, 6) is 1.77. The predicted octanol–water partition coefficient (Wildman–Crippen LogP) is 2.36. The molecular formula is C9H17F2NS. The van der Waals surface area contributed by atoms with Gasteiger partial charge in [-0.1, -0.05) is 0 Å². The van der Waals surface area contributed by atoms with Crippen LogP contribution in [0.15, 0.2) is 0 Å². The third kappa shape index (κ3) is 3.43. The third-order valence-electron chi connectivity index (χ3n) is 2.62. The van der Waals surface area contributed by atoms with Crippen LogP contribution in [0.3, 0.4) is 0 Å². The summed E-state index contributed by atoms with van der Waals surface area (Å²) >= 11 is 1.80. The van der Waals surface area contributed by atoms with Crippen molar-refractivity contribution >= 4 is 11.8 Å². The van der Waals surface area contributed by atoms with Crippen LogP contribution < -0.4 is 5.73 Å². The standard InChI is InChI=1S/C9H17F2NS/c10-9(11)8(3-4-12)7-2-1-5-13-6-7/h7-9H,1-6,12H2. The molecule has 1 heterocycles. The zero-order valence-electron chi connectivity index (χ0n) is 7.72. The van der Waals surface area contributed by atoms with Gasteiger partial charge < -0.3 is 5.73 Å². The van der Waals surface area contributed by atoms with E-state index in [1.165, 1.54) is 0 Å². The van der Waals surface area contributed by atoms with Gasteiger partial charge in [0, 0.05) is 5.92 Å². The van der Waals surface area contributed by atoms with Crippen LogP contribution in [0.2, 0.25) is 0 Å². The molecule has 1 rings (SSSR count). The summed E-state index contributed by atoms with van der Waals surface area (Å²) in [6.07, 6.45) is 0.334. The summed E-state index contributed by atoms with van der Waals surface area (Å²) in [5.41, 5.74) is 5.33. The Morgan fingerprint density at radius 1 is 1.46 bits per heavy atom. The summed E-state index contributed by atoms with van der Waals surface area (Å²) < 4.78 is 25.2. The van der Waals surface area contributed by atoms with Crippen LogP contribution >= 0.6 is 11.8 Å². The molecule has 2 N–H and O–H groups in total. The highest BCUT2D eigenvalue weighted by Gasteiger charge is 2.30. The fraction of sp³-hybridized carbons (Fsp3) is 1.00. The van der Waals surface area contributed by atoms with Crippen molar-refractivity contribution in [2.24, 2.45) is 17.6 Å². The molecule has 0 spiro atoms. The van der Waals surface area contributed by atoms with E-state index in [9.17, 15) is 8.78 Å². The van der Waals surface area contributed by atoms with E-state index in [4.69, 9.17) is 5.73 Å². The second-order valence-corrected chi connectivity index (χ2v) is 4.70. The molecule has 0 saturated carbocycles. The van der Waals surface area contributed by atoms with Crippen molar-refractivity contribution in [1.29, 1.82) is 0 Å². The minimum atomic E-state index is -2.19. The zero-order chi connectivity index (χ0) is 9.68. The molecule has 1 nitrogen and oxygen atoms in total. The monoisotopic (exact) mass is 209 g/mol. The molecule has 0 aromatic carbocycles. The van der Waals surface area contributed by atoms with E-state index in [1.54, 1.807) is 11.8 Å². The maximum atomic E-state index is 12.6. The van der Waals surface area contributed by atoms with Gasteiger partial charge in [-0.05, 0) is 43.2 Å². The molecule has 0 radical (unpaired) electrons. The van der Waals surface area contributed by atoms with Crippen LogP contribution in [0.1, 0.15) is 19.3 Å². The van der Waals surface area contributed by atoms with Crippen molar-refractivity contribution in [3.05, 3.63) is 0 Å². The van der Waals surface area contributed by atoms with E-state index < -0.39 is 12.3 Å². The Balaban J connectivity index is 2.41. The van der Waals surface area contributed by atoms with Gasteiger partial charge in [-0.25, -0.2) is 8.78 Å². The first-order chi connectivity index (χ1) is 6.25. The van der Waals surface area contributed by atoms with Gasteiger partial charge >= 0.3 is 0 Å². The van der Waals surface area contributed by atoms with Gasteiger partial charge in [0.25, 0.3) is 0 Å². The average molecular weight is 209 g/mol. The van der Waals surface area contributed by atoms with Gasteiger partial charge in [0.15, 0.2) is 0 Å². The lowest BCUT2D eigenvalue weighted by Gasteiger charge is -2.29. The highest BCUT2D eigenvalue weighted by molar-refractivity contribution is 7.99. The van der Waals surface area contributed by atoms with Gasteiger partial charge in [0.1, 0.15) is 0 Å². The van der Waals surface area contributed by atoms with Crippen LogP contribution in [0, 0.1) is 11.8 Å². The Hall–Kier alpha value is 0.170. The van der Waals surface area contributed by atoms with Crippen LogP contribution in [0.4, 0.5) is 8.78 Å². The second kappa shape index (κ2) is 5.81. The van der Waals surface area contributed by atoms with Crippen LogP contribution in [-0.4, -0.2) is 24.5 Å². The largest absolute Gasteiger partial charge is 0.330 e. The maximum absolute atomic E-state index is 12.6. The number of hydrogen-bond donors (Lipinski definition) is 1. The van der Waals surface area contributed by atoms with E-state index in [1.807, 2.05) is 0 Å². The number of thioether (sulfide) groups is 1. The smallest absolute Gasteiger partial charge is 0.241 e. The summed E-state index contributed by atoms with van der Waals surface area (Å²) in [7, 11) is 0. The predicted molar refractivity (Wildman–Crippen MR) is 53.2 cm³/mol. The third-order valence-corrected chi connectivity index (χ3v) is 3.87. The molecule has 2 atom stereocenters. The van der Waals surface area contributed by atoms with Crippen molar-refractivity contribution in [3.8, 4) is 0 Å². The molecule has 0 amide bonds. The van der Waals surface area contributed by atoms with E-state index in [2.05, 4.69) is 0 Å². The van der Waals surface area contributed by atoms with Gasteiger partial charge in [0.2, 0.25) is 6.43 Å². The van der Waals surface area contributed by atoms with Crippen molar-refractivity contribution in [2.75, 3.05) is 18.1 Å². The zero-order valence-corrected chi connectivity index (χ0v) is 8.53. The van der Waals surface area contributed by atoms with Gasteiger partial charge in [0.05, 0.1) is 0 Å². The highest BCUT2D eigenvalue weighted by Crippen LogP contribution is 2.33. The van der Waals surface area contributed by atoms with E-state index in [0.717, 1.165) is 24.3 Å². The minimum absolute atomic E-state index is 0.197. The molecule has 0 aromatic rings. The van der Waals surface area contributed by atoms with E-state index >= 15 is 0 Å². The molecule has 1 fully saturated rings. The van der Waals surface area contributed by atoms with E-state index in [-0.39, 0.29) is 5.92 Å². The molecule has 13 heavy (non-hydrogen) atoms. The average Bonchev–Trinajstić information content (AvgIpc) is 2.15. The van der Waals surface area contributed by atoms with Crippen LogP contribution in [0.5, 0.6) is 0 Å². The van der Waals surface area contributed by atoms with Gasteiger partial charge in [-0.2, -0.15) is 11.8 Å². The Kier molecular flexibility index (Phi) is 5.02. The molecule has 1 aliphatic rings. The molecule has 0 aromatic heterocycles. The fourth-order valence-corrected chi connectivity index (χ4v) is 3.12.